The normalized spacial score (nSPS) is 14.8. The molecular weight excluding hydrogens is 208 g/mol. The van der Waals surface area contributed by atoms with Gasteiger partial charge < -0.3 is 15.1 Å². The molecule has 1 aliphatic rings. The van der Waals surface area contributed by atoms with Crippen molar-refractivity contribution in [3.63, 3.8) is 0 Å². The molecule has 0 spiro atoms. The molecule has 1 aromatic rings. The van der Waals surface area contributed by atoms with Crippen LogP contribution in [-0.2, 0) is 0 Å². The van der Waals surface area contributed by atoms with Crippen molar-refractivity contribution in [2.45, 2.75) is 18.9 Å². The van der Waals surface area contributed by atoms with Crippen molar-refractivity contribution >= 4 is 11.7 Å². The Morgan fingerprint density at radius 1 is 1.56 bits per heavy atom. The summed E-state index contributed by atoms with van der Waals surface area (Å²) >= 11 is 0. The lowest BCUT2D eigenvalue weighted by Crippen LogP contribution is -2.29. The lowest BCUT2D eigenvalue weighted by molar-refractivity contribution is 0.0690. The predicted octanol–water partition coefficient (Wildman–Crippen LogP) is 0.741. The van der Waals surface area contributed by atoms with E-state index in [1.54, 1.807) is 12.1 Å². The van der Waals surface area contributed by atoms with Crippen molar-refractivity contribution in [3.05, 3.63) is 24.0 Å². The fourth-order valence-electron chi connectivity index (χ4n) is 1.73. The number of aromatic carboxylic acids is 1. The molecule has 1 aromatic heterocycles. The van der Waals surface area contributed by atoms with Gasteiger partial charge in [-0.1, -0.05) is 0 Å². The second-order valence-corrected chi connectivity index (χ2v) is 3.85. The topological polar surface area (TPSA) is 73.7 Å². The van der Waals surface area contributed by atoms with E-state index in [0.29, 0.717) is 12.6 Å². The highest BCUT2D eigenvalue weighted by Gasteiger charge is 2.29. The van der Waals surface area contributed by atoms with Crippen molar-refractivity contribution in [2.75, 3.05) is 18.1 Å². The van der Waals surface area contributed by atoms with Crippen molar-refractivity contribution in [2.24, 2.45) is 0 Å². The average Bonchev–Trinajstić information content (AvgIpc) is 3.10. The Hall–Kier alpha value is -1.62. The van der Waals surface area contributed by atoms with E-state index in [1.165, 1.54) is 6.20 Å². The largest absolute Gasteiger partial charge is 0.477 e. The van der Waals surface area contributed by atoms with Crippen LogP contribution < -0.4 is 4.90 Å². The van der Waals surface area contributed by atoms with Crippen LogP contribution in [0.15, 0.2) is 18.3 Å². The van der Waals surface area contributed by atoms with E-state index in [0.717, 1.165) is 18.5 Å². The molecule has 0 saturated heterocycles. The van der Waals surface area contributed by atoms with Gasteiger partial charge in [-0.15, -0.1) is 0 Å². The van der Waals surface area contributed by atoms with Gasteiger partial charge in [0.1, 0.15) is 5.69 Å². The van der Waals surface area contributed by atoms with Crippen molar-refractivity contribution in [3.8, 4) is 0 Å². The molecule has 1 fully saturated rings. The molecule has 86 valence electrons. The third-order valence-electron chi connectivity index (χ3n) is 2.62. The minimum Gasteiger partial charge on any atom is -0.477 e. The van der Waals surface area contributed by atoms with Gasteiger partial charge in [0.15, 0.2) is 0 Å². The van der Waals surface area contributed by atoms with Gasteiger partial charge in [-0.25, -0.2) is 9.78 Å². The first-order chi connectivity index (χ1) is 7.72. The first-order valence-corrected chi connectivity index (χ1v) is 5.29. The number of rotatable bonds is 5. The lowest BCUT2D eigenvalue weighted by atomic mass is 10.2. The van der Waals surface area contributed by atoms with Gasteiger partial charge in [0, 0.05) is 24.5 Å². The number of aliphatic hydroxyl groups excluding tert-OH is 1. The zero-order valence-corrected chi connectivity index (χ0v) is 8.83. The van der Waals surface area contributed by atoms with Crippen LogP contribution in [0, 0.1) is 0 Å². The third-order valence-corrected chi connectivity index (χ3v) is 2.62. The highest BCUT2D eigenvalue weighted by Crippen LogP contribution is 2.31. The summed E-state index contributed by atoms with van der Waals surface area (Å²) in [6, 6.07) is 3.77. The Labute approximate surface area is 93.3 Å². The van der Waals surface area contributed by atoms with E-state index in [2.05, 4.69) is 4.98 Å². The number of hydrogen-bond acceptors (Lipinski definition) is 4. The Balaban J connectivity index is 2.22. The number of carbonyl (C=O) groups is 1. The summed E-state index contributed by atoms with van der Waals surface area (Å²) in [5.41, 5.74) is 0.866. The average molecular weight is 222 g/mol. The maximum atomic E-state index is 10.8. The van der Waals surface area contributed by atoms with Crippen LogP contribution in [0.25, 0.3) is 0 Å². The SMILES string of the molecule is O=C(O)c1cc(N(CCO)C2CC2)ccn1. The molecule has 2 rings (SSSR count). The first-order valence-electron chi connectivity index (χ1n) is 5.29. The molecule has 5 heteroatoms. The Morgan fingerprint density at radius 2 is 2.31 bits per heavy atom. The van der Waals surface area contributed by atoms with Gasteiger partial charge in [-0.05, 0) is 25.0 Å². The monoisotopic (exact) mass is 222 g/mol. The second kappa shape index (κ2) is 4.49. The number of aromatic nitrogens is 1. The van der Waals surface area contributed by atoms with Gasteiger partial charge in [0.25, 0.3) is 0 Å². The summed E-state index contributed by atoms with van der Waals surface area (Å²) in [7, 11) is 0. The van der Waals surface area contributed by atoms with E-state index < -0.39 is 5.97 Å². The molecule has 1 aliphatic carbocycles. The van der Waals surface area contributed by atoms with Crippen LogP contribution in [0.2, 0.25) is 0 Å². The van der Waals surface area contributed by atoms with E-state index in [-0.39, 0.29) is 12.3 Å². The lowest BCUT2D eigenvalue weighted by Gasteiger charge is -2.23. The fourth-order valence-corrected chi connectivity index (χ4v) is 1.73. The van der Waals surface area contributed by atoms with Gasteiger partial charge in [-0.3, -0.25) is 0 Å². The highest BCUT2D eigenvalue weighted by molar-refractivity contribution is 5.86. The highest BCUT2D eigenvalue weighted by atomic mass is 16.4. The number of carboxylic acids is 1. The van der Waals surface area contributed by atoms with Crippen molar-refractivity contribution < 1.29 is 15.0 Å². The summed E-state index contributed by atoms with van der Waals surface area (Å²) in [6.07, 6.45) is 3.70. The number of hydrogen-bond donors (Lipinski definition) is 2. The molecule has 0 unspecified atom stereocenters. The van der Waals surface area contributed by atoms with E-state index in [4.69, 9.17) is 10.2 Å². The molecule has 0 atom stereocenters. The molecular formula is C11H14N2O3. The summed E-state index contributed by atoms with van der Waals surface area (Å²) < 4.78 is 0. The fraction of sp³-hybridized carbons (Fsp3) is 0.455. The Morgan fingerprint density at radius 3 is 2.88 bits per heavy atom. The van der Waals surface area contributed by atoms with E-state index in [9.17, 15) is 4.79 Å². The zero-order valence-electron chi connectivity index (χ0n) is 8.83. The van der Waals surface area contributed by atoms with Crippen molar-refractivity contribution in [1.29, 1.82) is 0 Å². The van der Waals surface area contributed by atoms with Crippen LogP contribution in [0.4, 0.5) is 5.69 Å². The van der Waals surface area contributed by atoms with Gasteiger partial charge in [-0.2, -0.15) is 0 Å². The molecule has 16 heavy (non-hydrogen) atoms. The van der Waals surface area contributed by atoms with E-state index >= 15 is 0 Å². The molecule has 1 saturated carbocycles. The summed E-state index contributed by atoms with van der Waals surface area (Å²) in [5, 5.41) is 17.8. The van der Waals surface area contributed by atoms with Gasteiger partial charge in [0.2, 0.25) is 0 Å². The number of carboxylic acid groups (broad SMARTS) is 1. The third kappa shape index (κ3) is 2.30. The van der Waals surface area contributed by atoms with Crippen LogP contribution in [0.3, 0.4) is 0 Å². The maximum absolute atomic E-state index is 10.8. The van der Waals surface area contributed by atoms with Crippen molar-refractivity contribution in [1.82, 2.24) is 4.98 Å². The van der Waals surface area contributed by atoms with Crippen LogP contribution >= 0.6 is 0 Å². The van der Waals surface area contributed by atoms with E-state index in [1.807, 2.05) is 4.90 Å². The zero-order chi connectivity index (χ0) is 11.5. The second-order valence-electron chi connectivity index (χ2n) is 3.85. The number of pyridine rings is 1. The summed E-state index contributed by atoms with van der Waals surface area (Å²) in [5.74, 6) is -1.03. The van der Waals surface area contributed by atoms with Crippen LogP contribution in [0.1, 0.15) is 23.3 Å². The molecule has 2 N–H and O–H groups in total. The molecule has 0 amide bonds. The smallest absolute Gasteiger partial charge is 0.354 e. The Kier molecular flexibility index (Phi) is 3.05. The summed E-state index contributed by atoms with van der Waals surface area (Å²) in [4.78, 5) is 16.6. The first kappa shape index (κ1) is 10.9. The molecule has 1 heterocycles. The van der Waals surface area contributed by atoms with Crippen LogP contribution in [-0.4, -0.2) is 40.4 Å². The molecule has 0 aromatic carbocycles. The number of anilines is 1. The quantitative estimate of drug-likeness (QED) is 0.768. The summed E-state index contributed by atoms with van der Waals surface area (Å²) in [6.45, 7) is 0.606. The maximum Gasteiger partial charge on any atom is 0.354 e. The minimum atomic E-state index is -1.03. The molecule has 0 bridgehead atoms. The Bertz CT molecular complexity index is 391. The van der Waals surface area contributed by atoms with Gasteiger partial charge in [0.05, 0.1) is 6.61 Å². The molecule has 5 nitrogen and oxygen atoms in total. The predicted molar refractivity (Wildman–Crippen MR) is 58.7 cm³/mol. The minimum absolute atomic E-state index is 0.0427. The number of nitrogens with zero attached hydrogens (tertiary/aromatic N) is 2. The van der Waals surface area contributed by atoms with Gasteiger partial charge >= 0.3 is 5.97 Å². The standard InChI is InChI=1S/C11H14N2O3/c14-6-5-13(8-1-2-8)9-3-4-12-10(7-9)11(15)16/h3-4,7-8,14H,1-2,5-6H2,(H,15,16). The molecule has 0 aliphatic heterocycles. The molecule has 0 radical (unpaired) electrons. The number of aliphatic hydroxyl groups is 1. The van der Waals surface area contributed by atoms with Crippen LogP contribution in [0.5, 0.6) is 0 Å².